The maximum atomic E-state index is 11.0. The van der Waals surface area contributed by atoms with Gasteiger partial charge in [-0.1, -0.05) is 0 Å². The fourth-order valence-electron chi connectivity index (χ4n) is 0.830. The molecule has 7 heteroatoms. The van der Waals surface area contributed by atoms with E-state index in [0.717, 1.165) is 0 Å². The van der Waals surface area contributed by atoms with Crippen LogP contribution in [0.4, 0.5) is 0 Å². The zero-order valence-electron chi connectivity index (χ0n) is 8.09. The van der Waals surface area contributed by atoms with Crippen LogP contribution in [0.25, 0.3) is 0 Å². The normalized spacial score (nSPS) is 14.3. The van der Waals surface area contributed by atoms with E-state index in [0.29, 0.717) is 0 Å². The van der Waals surface area contributed by atoms with Crippen molar-refractivity contribution in [3.8, 4) is 0 Å². The number of aliphatic hydroxyl groups is 3. The number of carbonyl (C=O) groups excluding carboxylic acids is 1. The Morgan fingerprint density at radius 1 is 1.27 bits per heavy atom. The first-order chi connectivity index (χ1) is 6.99. The van der Waals surface area contributed by atoms with Crippen LogP contribution in [0.1, 0.15) is 12.8 Å². The van der Waals surface area contributed by atoms with E-state index in [4.69, 9.17) is 20.4 Å². The number of hydrogen-bond acceptors (Lipinski definition) is 5. The molecule has 7 nitrogen and oxygen atoms in total. The Morgan fingerprint density at radius 3 is 2.33 bits per heavy atom. The van der Waals surface area contributed by atoms with Crippen molar-refractivity contribution in [3.05, 3.63) is 0 Å². The second-order valence-electron chi connectivity index (χ2n) is 2.98. The lowest BCUT2D eigenvalue weighted by molar-refractivity contribution is -0.138. The van der Waals surface area contributed by atoms with Crippen LogP contribution in [-0.2, 0) is 9.59 Å². The topological polar surface area (TPSA) is 127 Å². The van der Waals surface area contributed by atoms with Crippen molar-refractivity contribution in [2.75, 3.05) is 13.2 Å². The van der Waals surface area contributed by atoms with Gasteiger partial charge in [-0.05, 0) is 6.42 Å². The predicted molar refractivity (Wildman–Crippen MR) is 49.0 cm³/mol. The summed E-state index contributed by atoms with van der Waals surface area (Å²) < 4.78 is 0. The summed E-state index contributed by atoms with van der Waals surface area (Å²) in [7, 11) is 0. The Kier molecular flexibility index (Phi) is 6.59. The first-order valence-electron chi connectivity index (χ1n) is 4.45. The Bertz CT molecular complexity index is 219. The molecule has 0 unspecified atom stereocenters. The molecule has 0 bridgehead atoms. The maximum Gasteiger partial charge on any atom is 0.303 e. The number of carboxylic acid groups (broad SMARTS) is 1. The lowest BCUT2D eigenvalue weighted by Crippen LogP contribution is -2.44. The molecule has 2 atom stereocenters. The molecule has 0 aliphatic heterocycles. The minimum Gasteiger partial charge on any atom is -0.481 e. The van der Waals surface area contributed by atoms with Crippen LogP contribution < -0.4 is 5.32 Å². The molecule has 0 rings (SSSR count). The van der Waals surface area contributed by atoms with Crippen LogP contribution in [0, 0.1) is 0 Å². The standard InChI is InChI=1S/C8H15NO6/c10-4-5(11)7(14)8(15)9-3-1-2-6(12)13/h5,7,10-11,14H,1-4H2,(H,9,15)(H,12,13)/t5-,7-/m1/s1. The van der Waals surface area contributed by atoms with Crippen LogP contribution >= 0.6 is 0 Å². The molecule has 0 saturated carbocycles. The molecule has 5 N–H and O–H groups in total. The molecule has 15 heavy (non-hydrogen) atoms. The lowest BCUT2D eigenvalue weighted by atomic mass is 10.2. The lowest BCUT2D eigenvalue weighted by Gasteiger charge is -2.14. The van der Waals surface area contributed by atoms with Crippen molar-refractivity contribution in [2.24, 2.45) is 0 Å². The molecule has 0 aromatic heterocycles. The summed E-state index contributed by atoms with van der Waals surface area (Å²) in [6.07, 6.45) is -3.06. The average molecular weight is 221 g/mol. The zero-order chi connectivity index (χ0) is 11.8. The molecule has 0 radical (unpaired) electrons. The molecule has 0 aromatic carbocycles. The van der Waals surface area contributed by atoms with Crippen molar-refractivity contribution >= 4 is 11.9 Å². The number of aliphatic carboxylic acids is 1. The fourth-order valence-corrected chi connectivity index (χ4v) is 0.830. The van der Waals surface area contributed by atoms with Gasteiger partial charge in [-0.3, -0.25) is 9.59 Å². The van der Waals surface area contributed by atoms with Gasteiger partial charge < -0.3 is 25.7 Å². The SMILES string of the molecule is O=C(O)CCCNC(=O)[C@H](O)[C@H](O)CO. The summed E-state index contributed by atoms with van der Waals surface area (Å²) in [5.74, 6) is -1.80. The third-order valence-corrected chi connectivity index (χ3v) is 1.69. The summed E-state index contributed by atoms with van der Waals surface area (Å²) in [5, 5.41) is 36.9. The summed E-state index contributed by atoms with van der Waals surface area (Å²) in [4.78, 5) is 21.1. The van der Waals surface area contributed by atoms with Crippen molar-refractivity contribution in [2.45, 2.75) is 25.0 Å². The molecule has 1 amide bonds. The van der Waals surface area contributed by atoms with Gasteiger partial charge in [0.1, 0.15) is 6.10 Å². The molecule has 0 aromatic rings. The van der Waals surface area contributed by atoms with Gasteiger partial charge in [-0.25, -0.2) is 0 Å². The molecule has 0 aliphatic carbocycles. The third-order valence-electron chi connectivity index (χ3n) is 1.69. The quantitative estimate of drug-likeness (QED) is 0.307. The molecule has 0 saturated heterocycles. The van der Waals surface area contributed by atoms with Gasteiger partial charge in [0.15, 0.2) is 6.10 Å². The zero-order valence-corrected chi connectivity index (χ0v) is 8.09. The van der Waals surface area contributed by atoms with Crippen LogP contribution in [-0.4, -0.2) is 57.7 Å². The number of rotatable bonds is 7. The van der Waals surface area contributed by atoms with Crippen molar-refractivity contribution in [3.63, 3.8) is 0 Å². The average Bonchev–Trinajstić information content (AvgIpc) is 2.21. The van der Waals surface area contributed by atoms with Gasteiger partial charge in [-0.2, -0.15) is 0 Å². The first kappa shape index (κ1) is 13.8. The van der Waals surface area contributed by atoms with E-state index in [-0.39, 0.29) is 19.4 Å². The number of aliphatic hydroxyl groups excluding tert-OH is 3. The molecule has 0 fully saturated rings. The van der Waals surface area contributed by atoms with Crippen LogP contribution in [0.5, 0.6) is 0 Å². The Hall–Kier alpha value is -1.18. The van der Waals surface area contributed by atoms with Gasteiger partial charge in [0, 0.05) is 13.0 Å². The molecule has 88 valence electrons. The van der Waals surface area contributed by atoms with Gasteiger partial charge in [0.2, 0.25) is 0 Å². The van der Waals surface area contributed by atoms with Crippen molar-refractivity contribution in [1.29, 1.82) is 0 Å². The highest BCUT2D eigenvalue weighted by atomic mass is 16.4. The summed E-state index contributed by atoms with van der Waals surface area (Å²) in [6, 6.07) is 0. The van der Waals surface area contributed by atoms with E-state index in [1.807, 2.05) is 0 Å². The molecule has 0 aliphatic rings. The Morgan fingerprint density at radius 2 is 1.87 bits per heavy atom. The fraction of sp³-hybridized carbons (Fsp3) is 0.750. The minimum atomic E-state index is -1.69. The number of hydrogen-bond donors (Lipinski definition) is 5. The Balaban J connectivity index is 3.69. The number of carbonyl (C=O) groups is 2. The highest BCUT2D eigenvalue weighted by Gasteiger charge is 2.22. The van der Waals surface area contributed by atoms with Crippen LogP contribution in [0.15, 0.2) is 0 Å². The van der Waals surface area contributed by atoms with E-state index in [1.54, 1.807) is 0 Å². The maximum absolute atomic E-state index is 11.0. The Labute approximate surface area is 86.3 Å². The third kappa shape index (κ3) is 6.00. The van der Waals surface area contributed by atoms with Crippen LogP contribution in [0.3, 0.4) is 0 Å². The van der Waals surface area contributed by atoms with Crippen molar-refractivity contribution < 1.29 is 30.0 Å². The van der Waals surface area contributed by atoms with E-state index in [9.17, 15) is 9.59 Å². The first-order valence-corrected chi connectivity index (χ1v) is 4.45. The summed E-state index contributed by atoms with van der Waals surface area (Å²) in [6.45, 7) is -0.621. The number of amides is 1. The monoisotopic (exact) mass is 221 g/mol. The predicted octanol–water partition coefficient (Wildman–Crippen LogP) is -2.32. The highest BCUT2D eigenvalue weighted by Crippen LogP contribution is 1.93. The molecular formula is C8H15NO6. The minimum absolute atomic E-state index is 0.0844. The van der Waals surface area contributed by atoms with Crippen LogP contribution in [0.2, 0.25) is 0 Å². The van der Waals surface area contributed by atoms with Gasteiger partial charge in [0.05, 0.1) is 6.61 Å². The highest BCUT2D eigenvalue weighted by molar-refractivity contribution is 5.81. The smallest absolute Gasteiger partial charge is 0.303 e. The molecular weight excluding hydrogens is 206 g/mol. The van der Waals surface area contributed by atoms with Gasteiger partial charge in [-0.15, -0.1) is 0 Å². The second-order valence-corrected chi connectivity index (χ2v) is 2.98. The molecule has 0 heterocycles. The van der Waals surface area contributed by atoms with Gasteiger partial charge >= 0.3 is 5.97 Å². The van der Waals surface area contributed by atoms with E-state index < -0.39 is 30.7 Å². The van der Waals surface area contributed by atoms with E-state index in [2.05, 4.69) is 5.32 Å². The second kappa shape index (κ2) is 7.16. The largest absolute Gasteiger partial charge is 0.481 e. The summed E-state index contributed by atoms with van der Waals surface area (Å²) >= 11 is 0. The molecule has 0 spiro atoms. The summed E-state index contributed by atoms with van der Waals surface area (Å²) in [5.41, 5.74) is 0. The van der Waals surface area contributed by atoms with E-state index in [1.165, 1.54) is 0 Å². The van der Waals surface area contributed by atoms with Crippen molar-refractivity contribution in [1.82, 2.24) is 5.32 Å². The van der Waals surface area contributed by atoms with E-state index >= 15 is 0 Å². The number of nitrogens with one attached hydrogen (secondary N) is 1. The number of carboxylic acids is 1. The van der Waals surface area contributed by atoms with Gasteiger partial charge in [0.25, 0.3) is 5.91 Å².